The molecule has 1 amide bonds. The largest absolute Gasteiger partial charge is 0.350 e. The number of carbonyl (C=O) groups excluding carboxylic acids is 1. The van der Waals surface area contributed by atoms with Crippen molar-refractivity contribution >= 4 is 5.91 Å². The first kappa shape index (κ1) is 18.9. The Balaban J connectivity index is 1.56. The Labute approximate surface area is 165 Å². The minimum Gasteiger partial charge on any atom is -0.350 e. The van der Waals surface area contributed by atoms with Gasteiger partial charge in [-0.15, -0.1) is 0 Å². The molecule has 1 aromatic heterocycles. The summed E-state index contributed by atoms with van der Waals surface area (Å²) in [6.45, 7) is 1.47. The molecule has 148 valence electrons. The summed E-state index contributed by atoms with van der Waals surface area (Å²) in [5.41, 5.74) is 3.69. The van der Waals surface area contributed by atoms with Crippen LogP contribution in [0.4, 0.5) is 4.39 Å². The molecule has 0 unspecified atom stereocenters. The predicted molar refractivity (Wildman–Crippen MR) is 109 cm³/mol. The Kier molecular flexibility index (Phi) is 5.89. The first-order valence-electron chi connectivity index (χ1n) is 10.5. The highest BCUT2D eigenvalue weighted by Crippen LogP contribution is 2.27. The Morgan fingerprint density at radius 1 is 1.14 bits per heavy atom. The number of hydrogen-bond donors (Lipinski definition) is 1. The predicted octanol–water partition coefficient (Wildman–Crippen LogP) is 5.04. The van der Waals surface area contributed by atoms with Crippen LogP contribution in [0.5, 0.6) is 0 Å². The number of halogens is 1. The second-order valence-corrected chi connectivity index (χ2v) is 7.82. The number of allylic oxidation sites excluding steroid dienone is 1. The second-order valence-electron chi connectivity index (χ2n) is 7.82. The van der Waals surface area contributed by atoms with Gasteiger partial charge in [0.2, 0.25) is 0 Å². The van der Waals surface area contributed by atoms with Crippen LogP contribution in [0, 0.1) is 5.82 Å². The minimum atomic E-state index is -0.282. The fourth-order valence-corrected chi connectivity index (χ4v) is 4.30. The number of carbonyl (C=O) groups is 1. The molecule has 4 nitrogen and oxygen atoms in total. The maximum atomic E-state index is 13.8. The topological polar surface area (TPSA) is 46.9 Å². The van der Waals surface area contributed by atoms with Crippen molar-refractivity contribution in [1.29, 1.82) is 0 Å². The molecule has 0 fully saturated rings. The van der Waals surface area contributed by atoms with Crippen molar-refractivity contribution in [3.05, 3.63) is 53.1 Å². The number of nitrogens with one attached hydrogen (secondary N) is 1. The van der Waals surface area contributed by atoms with E-state index < -0.39 is 0 Å². The number of nitrogens with zero attached hydrogens (tertiary/aromatic N) is 2. The minimum absolute atomic E-state index is 0.107. The fraction of sp³-hybridized carbons (Fsp3) is 0.478. The average Bonchev–Trinajstić information content (AvgIpc) is 2.90. The van der Waals surface area contributed by atoms with Crippen molar-refractivity contribution in [2.45, 2.75) is 64.3 Å². The highest BCUT2D eigenvalue weighted by atomic mass is 19.1. The summed E-state index contributed by atoms with van der Waals surface area (Å²) in [4.78, 5) is 17.6. The monoisotopic (exact) mass is 381 g/mol. The van der Waals surface area contributed by atoms with E-state index in [1.807, 2.05) is 6.07 Å². The van der Waals surface area contributed by atoms with Gasteiger partial charge >= 0.3 is 0 Å². The third kappa shape index (κ3) is 4.18. The number of rotatable bonds is 5. The quantitative estimate of drug-likeness (QED) is 0.738. The van der Waals surface area contributed by atoms with Crippen LogP contribution in [0.15, 0.2) is 35.9 Å². The van der Waals surface area contributed by atoms with Crippen molar-refractivity contribution in [3.63, 3.8) is 0 Å². The van der Waals surface area contributed by atoms with Crippen LogP contribution in [-0.4, -0.2) is 22.0 Å². The van der Waals surface area contributed by atoms with Crippen LogP contribution in [0.2, 0.25) is 0 Å². The summed E-state index contributed by atoms with van der Waals surface area (Å²) in [6.07, 6.45) is 12.2. The zero-order valence-corrected chi connectivity index (χ0v) is 16.3. The van der Waals surface area contributed by atoms with E-state index >= 15 is 0 Å². The molecule has 4 rings (SSSR count). The van der Waals surface area contributed by atoms with Gasteiger partial charge in [0.25, 0.3) is 5.91 Å². The van der Waals surface area contributed by atoms with Crippen LogP contribution < -0.4 is 5.32 Å². The van der Waals surface area contributed by atoms with E-state index in [9.17, 15) is 9.18 Å². The van der Waals surface area contributed by atoms with Gasteiger partial charge in [0, 0.05) is 18.7 Å². The van der Waals surface area contributed by atoms with E-state index in [0.717, 1.165) is 62.7 Å². The molecule has 0 radical (unpaired) electrons. The molecule has 5 heteroatoms. The Morgan fingerprint density at radius 3 is 2.86 bits per heavy atom. The van der Waals surface area contributed by atoms with E-state index in [1.54, 1.807) is 6.07 Å². The van der Waals surface area contributed by atoms with Gasteiger partial charge in [0.1, 0.15) is 17.3 Å². The molecule has 0 spiro atoms. The van der Waals surface area contributed by atoms with Gasteiger partial charge in [-0.3, -0.25) is 4.79 Å². The highest BCUT2D eigenvalue weighted by molar-refractivity contribution is 5.94. The van der Waals surface area contributed by atoms with E-state index in [2.05, 4.69) is 20.9 Å². The van der Waals surface area contributed by atoms with Crippen LogP contribution in [0.1, 0.15) is 67.5 Å². The first-order valence-corrected chi connectivity index (χ1v) is 10.5. The summed E-state index contributed by atoms with van der Waals surface area (Å²) in [7, 11) is 0. The lowest BCUT2D eigenvalue weighted by Gasteiger charge is -2.13. The standard InChI is InChI=1S/C23H28FN3O/c24-19-11-7-10-18(16-19)22-26-21(20-12-5-2-6-15-27(20)22)23(28)25-14-13-17-8-3-1-4-9-17/h7-8,10-11,16H,1-6,9,12-15H2,(H,25,28). The molecule has 2 aliphatic rings. The number of amides is 1. The molecule has 1 aromatic carbocycles. The van der Waals surface area contributed by atoms with Gasteiger partial charge in [-0.25, -0.2) is 9.37 Å². The van der Waals surface area contributed by atoms with Gasteiger partial charge < -0.3 is 9.88 Å². The molecular formula is C23H28FN3O. The Bertz CT molecular complexity index is 884. The summed E-state index contributed by atoms with van der Waals surface area (Å²) in [5.74, 6) is 0.316. The summed E-state index contributed by atoms with van der Waals surface area (Å²) in [6, 6.07) is 6.49. The maximum absolute atomic E-state index is 13.8. The molecule has 0 saturated carbocycles. The molecule has 0 bridgehead atoms. The molecule has 0 saturated heterocycles. The van der Waals surface area contributed by atoms with Crippen LogP contribution in [-0.2, 0) is 13.0 Å². The third-order valence-corrected chi connectivity index (χ3v) is 5.78. The number of aromatic nitrogens is 2. The molecule has 2 aromatic rings. The Morgan fingerprint density at radius 2 is 2.04 bits per heavy atom. The molecule has 1 aliphatic heterocycles. The van der Waals surface area contributed by atoms with Crippen LogP contribution >= 0.6 is 0 Å². The number of benzene rings is 1. The number of fused-ring (bicyclic) bond motifs is 1. The van der Waals surface area contributed by atoms with Crippen molar-refractivity contribution in [1.82, 2.24) is 14.9 Å². The molecule has 2 heterocycles. The van der Waals surface area contributed by atoms with Crippen molar-refractivity contribution in [3.8, 4) is 11.4 Å². The van der Waals surface area contributed by atoms with Crippen LogP contribution in [0.3, 0.4) is 0 Å². The third-order valence-electron chi connectivity index (χ3n) is 5.78. The van der Waals surface area contributed by atoms with Crippen molar-refractivity contribution in [2.75, 3.05) is 6.54 Å². The lowest BCUT2D eigenvalue weighted by Crippen LogP contribution is -2.26. The zero-order chi connectivity index (χ0) is 19.3. The van der Waals surface area contributed by atoms with Gasteiger partial charge in [-0.1, -0.05) is 30.2 Å². The summed E-state index contributed by atoms with van der Waals surface area (Å²) < 4.78 is 15.9. The van der Waals surface area contributed by atoms with Gasteiger partial charge in [-0.2, -0.15) is 0 Å². The number of hydrogen-bond acceptors (Lipinski definition) is 2. The normalized spacial score (nSPS) is 16.8. The molecular weight excluding hydrogens is 353 g/mol. The first-order chi connectivity index (χ1) is 13.7. The summed E-state index contributed by atoms with van der Waals surface area (Å²) in [5, 5.41) is 3.06. The smallest absolute Gasteiger partial charge is 0.271 e. The second kappa shape index (κ2) is 8.72. The summed E-state index contributed by atoms with van der Waals surface area (Å²) >= 11 is 0. The van der Waals surface area contributed by atoms with E-state index in [-0.39, 0.29) is 11.7 Å². The van der Waals surface area contributed by atoms with E-state index in [4.69, 9.17) is 0 Å². The molecule has 1 N–H and O–H groups in total. The zero-order valence-electron chi connectivity index (χ0n) is 16.3. The fourth-order valence-electron chi connectivity index (χ4n) is 4.30. The van der Waals surface area contributed by atoms with Crippen molar-refractivity contribution < 1.29 is 9.18 Å². The maximum Gasteiger partial charge on any atom is 0.271 e. The lowest BCUT2D eigenvalue weighted by atomic mass is 9.97. The van der Waals surface area contributed by atoms with Crippen molar-refractivity contribution in [2.24, 2.45) is 0 Å². The van der Waals surface area contributed by atoms with Gasteiger partial charge in [0.15, 0.2) is 0 Å². The SMILES string of the molecule is O=C(NCCC1=CCCCC1)c1nc(-c2cccc(F)c2)n2c1CCCCC2. The van der Waals surface area contributed by atoms with E-state index in [1.165, 1.54) is 30.5 Å². The Hall–Kier alpha value is -2.43. The highest BCUT2D eigenvalue weighted by Gasteiger charge is 2.24. The van der Waals surface area contributed by atoms with E-state index in [0.29, 0.717) is 18.1 Å². The molecule has 1 aliphatic carbocycles. The number of imidazole rings is 1. The average molecular weight is 381 g/mol. The van der Waals surface area contributed by atoms with Gasteiger partial charge in [-0.05, 0) is 63.5 Å². The lowest BCUT2D eigenvalue weighted by molar-refractivity contribution is 0.0948. The van der Waals surface area contributed by atoms with Crippen LogP contribution in [0.25, 0.3) is 11.4 Å². The van der Waals surface area contributed by atoms with Gasteiger partial charge in [0.05, 0.1) is 5.69 Å². The molecule has 0 atom stereocenters. The molecule has 28 heavy (non-hydrogen) atoms.